The summed E-state index contributed by atoms with van der Waals surface area (Å²) in [7, 11) is 1.22. The lowest BCUT2D eigenvalue weighted by molar-refractivity contribution is -0.870. The van der Waals surface area contributed by atoms with E-state index in [1.54, 1.807) is 6.08 Å². The first kappa shape index (κ1) is 83.4. The molecule has 0 heterocycles. The Morgan fingerprint density at radius 2 is 0.713 bits per heavy atom. The van der Waals surface area contributed by atoms with Crippen LogP contribution in [0.5, 0.6) is 0 Å². The maximum Gasteiger partial charge on any atom is 0.268 e. The molecule has 0 aliphatic carbocycles. The molecule has 0 saturated carbocycles. The van der Waals surface area contributed by atoms with Gasteiger partial charge >= 0.3 is 0 Å². The van der Waals surface area contributed by atoms with Gasteiger partial charge in [-0.1, -0.05) is 314 Å². The van der Waals surface area contributed by atoms with E-state index in [0.717, 1.165) is 103 Å². The van der Waals surface area contributed by atoms with Gasteiger partial charge in [-0.3, -0.25) is 9.36 Å². The zero-order chi connectivity index (χ0) is 63.4. The largest absolute Gasteiger partial charge is 0.756 e. The van der Waals surface area contributed by atoms with E-state index in [1.165, 1.54) is 167 Å². The summed E-state index contributed by atoms with van der Waals surface area (Å²) in [6.07, 6.45) is 103. The molecule has 0 aliphatic rings. The standard InChI is InChI=1S/C78H135N2O6P/c1-6-8-10-12-14-16-18-20-22-24-26-28-30-32-33-34-35-36-37-38-39-40-41-42-43-44-45-46-47-48-50-52-54-56-58-60-62-64-66-68-70-72-78(82)79-76(75-86-87(83,84)85-74-73-80(3,4)5)77(81)71-69-67-65-63-61-59-57-55-53-51-49-31-29-27-25-23-21-19-17-15-13-11-9-7-2/h8,10,14,16,20,22,26,28,32-33,35-36,38-39,41-42,44-45,53,55,61,63,69,71,76-77,81H,6-7,9,11-13,15,17-19,21,23-25,27,29-31,34,37,40,43,46-52,54,56-60,62,64-68,70,72-75H2,1-5H3,(H-,79,82,83,84)/b10-8-,16-14-,22-20-,28-26-,33-32-,36-35-,39-38-,42-41-,45-44-,55-53+,63-61+,71-69+. The van der Waals surface area contributed by atoms with Crippen molar-refractivity contribution in [3.8, 4) is 0 Å². The van der Waals surface area contributed by atoms with Crippen molar-refractivity contribution in [1.29, 1.82) is 0 Å². The molecule has 0 aromatic heterocycles. The van der Waals surface area contributed by atoms with E-state index in [0.29, 0.717) is 17.4 Å². The topological polar surface area (TPSA) is 108 Å². The molecule has 87 heavy (non-hydrogen) atoms. The van der Waals surface area contributed by atoms with Gasteiger partial charge in [-0.05, 0) is 116 Å². The van der Waals surface area contributed by atoms with Gasteiger partial charge in [0.1, 0.15) is 13.2 Å². The van der Waals surface area contributed by atoms with E-state index in [-0.39, 0.29) is 12.5 Å². The number of allylic oxidation sites excluding steroid dienone is 23. The van der Waals surface area contributed by atoms with Gasteiger partial charge in [-0.15, -0.1) is 0 Å². The highest BCUT2D eigenvalue weighted by atomic mass is 31.2. The summed E-state index contributed by atoms with van der Waals surface area (Å²) in [5, 5.41) is 13.9. The number of carbonyl (C=O) groups excluding carboxylic acids is 1. The summed E-state index contributed by atoms with van der Waals surface area (Å²) in [5.74, 6) is -0.216. The van der Waals surface area contributed by atoms with Crippen LogP contribution in [0.3, 0.4) is 0 Å². The molecule has 9 heteroatoms. The number of nitrogens with zero attached hydrogens (tertiary/aromatic N) is 1. The van der Waals surface area contributed by atoms with E-state index in [2.05, 4.69) is 153 Å². The highest BCUT2D eigenvalue weighted by Gasteiger charge is 2.23. The molecular weight excluding hydrogens is 1090 g/mol. The first-order chi connectivity index (χ1) is 42.5. The van der Waals surface area contributed by atoms with Gasteiger partial charge in [-0.25, -0.2) is 0 Å². The summed E-state index contributed by atoms with van der Waals surface area (Å²) in [6.45, 7) is 4.52. The number of aliphatic hydroxyl groups excluding tert-OH is 1. The number of carbonyl (C=O) groups is 1. The third-order valence-electron chi connectivity index (χ3n) is 15.3. The molecule has 0 radical (unpaired) electrons. The van der Waals surface area contributed by atoms with Crippen molar-refractivity contribution in [3.63, 3.8) is 0 Å². The minimum absolute atomic E-state index is 0.0148. The number of hydrogen-bond acceptors (Lipinski definition) is 6. The van der Waals surface area contributed by atoms with Gasteiger partial charge in [0.05, 0.1) is 39.9 Å². The molecule has 0 spiro atoms. The van der Waals surface area contributed by atoms with Gasteiger partial charge in [0.15, 0.2) is 0 Å². The number of nitrogens with one attached hydrogen (secondary N) is 1. The van der Waals surface area contributed by atoms with Crippen molar-refractivity contribution in [3.05, 3.63) is 146 Å². The van der Waals surface area contributed by atoms with Crippen LogP contribution in [-0.2, 0) is 18.4 Å². The molecule has 0 aromatic rings. The lowest BCUT2D eigenvalue weighted by Gasteiger charge is -2.29. The molecule has 8 nitrogen and oxygen atoms in total. The fourth-order valence-electron chi connectivity index (χ4n) is 9.77. The van der Waals surface area contributed by atoms with Crippen LogP contribution in [0.15, 0.2) is 146 Å². The van der Waals surface area contributed by atoms with Crippen molar-refractivity contribution >= 4 is 13.7 Å². The second-order valence-electron chi connectivity index (χ2n) is 24.8. The highest BCUT2D eigenvalue weighted by Crippen LogP contribution is 2.38. The van der Waals surface area contributed by atoms with E-state index < -0.39 is 26.6 Å². The van der Waals surface area contributed by atoms with E-state index in [9.17, 15) is 19.4 Å². The molecule has 1 amide bonds. The molecule has 0 rings (SSSR count). The van der Waals surface area contributed by atoms with E-state index >= 15 is 0 Å². The molecule has 0 saturated heterocycles. The number of rotatable bonds is 64. The van der Waals surface area contributed by atoms with E-state index in [1.807, 2.05) is 27.2 Å². The van der Waals surface area contributed by atoms with Crippen LogP contribution in [0.2, 0.25) is 0 Å². The molecule has 2 N–H and O–H groups in total. The number of quaternary nitrogens is 1. The van der Waals surface area contributed by atoms with Gasteiger partial charge in [0.2, 0.25) is 5.91 Å². The van der Waals surface area contributed by atoms with Crippen molar-refractivity contribution < 1.29 is 32.9 Å². The average molecular weight is 1230 g/mol. The number of aliphatic hydroxyl groups is 1. The Balaban J connectivity index is 4.13. The number of hydrogen-bond donors (Lipinski definition) is 2. The SMILES string of the molecule is CC/C=C\C/C=C\C/C=C\C/C=C\C/C=C\C/C=C\C/C=C\C/C=C\C/C=C\CCCCCCCCCCCCCCCC(=O)NC(COP(=O)([O-])OCC[N+](C)(C)C)C(O)/C=C/CC/C=C/CC/C=C/CCCCCCCCCCCCCCCC. The Kier molecular flexibility index (Phi) is 64.0. The average Bonchev–Trinajstić information content (AvgIpc) is 3.71. The lowest BCUT2D eigenvalue weighted by Crippen LogP contribution is -2.45. The van der Waals surface area contributed by atoms with Crippen LogP contribution in [0, 0.1) is 0 Å². The number of unbranched alkanes of at least 4 members (excludes halogenated alkanes) is 29. The number of phosphoric acid groups is 1. The van der Waals surface area contributed by atoms with Gasteiger partial charge in [-0.2, -0.15) is 0 Å². The monoisotopic (exact) mass is 1230 g/mol. The third kappa shape index (κ3) is 69.7. The summed E-state index contributed by atoms with van der Waals surface area (Å²) in [4.78, 5) is 25.6. The number of amides is 1. The molecular formula is C78H135N2O6P. The van der Waals surface area contributed by atoms with Crippen LogP contribution >= 0.6 is 7.82 Å². The fraction of sp³-hybridized carbons (Fsp3) is 0.679. The van der Waals surface area contributed by atoms with Gasteiger partial charge in [0.25, 0.3) is 7.82 Å². The molecule has 498 valence electrons. The summed E-state index contributed by atoms with van der Waals surface area (Å²) < 4.78 is 23.4. The Morgan fingerprint density at radius 1 is 0.414 bits per heavy atom. The zero-order valence-corrected chi connectivity index (χ0v) is 57.8. The number of likely N-dealkylation sites (N-methyl/N-ethyl adjacent to an activating group) is 1. The van der Waals surface area contributed by atoms with E-state index in [4.69, 9.17) is 9.05 Å². The second kappa shape index (κ2) is 66.8. The van der Waals surface area contributed by atoms with Crippen LogP contribution in [0.25, 0.3) is 0 Å². The summed E-state index contributed by atoms with van der Waals surface area (Å²) in [6, 6.07) is -0.921. The predicted molar refractivity (Wildman–Crippen MR) is 380 cm³/mol. The normalized spacial score (nSPS) is 14.5. The van der Waals surface area contributed by atoms with Crippen LogP contribution in [0.1, 0.15) is 290 Å². The Bertz CT molecular complexity index is 1930. The van der Waals surface area contributed by atoms with Crippen molar-refractivity contribution in [1.82, 2.24) is 5.32 Å². The van der Waals surface area contributed by atoms with Crippen molar-refractivity contribution in [2.45, 2.75) is 302 Å². The van der Waals surface area contributed by atoms with Crippen LogP contribution in [-0.4, -0.2) is 68.5 Å². The fourth-order valence-corrected chi connectivity index (χ4v) is 10.5. The minimum atomic E-state index is -4.62. The lowest BCUT2D eigenvalue weighted by atomic mass is 10.0. The van der Waals surface area contributed by atoms with Crippen LogP contribution in [0.4, 0.5) is 0 Å². The van der Waals surface area contributed by atoms with Crippen molar-refractivity contribution in [2.24, 2.45) is 0 Å². The van der Waals surface area contributed by atoms with Crippen molar-refractivity contribution in [2.75, 3.05) is 40.9 Å². The van der Waals surface area contributed by atoms with Gasteiger partial charge < -0.3 is 28.8 Å². The zero-order valence-electron chi connectivity index (χ0n) is 56.9. The molecule has 3 unspecified atom stereocenters. The first-order valence-corrected chi connectivity index (χ1v) is 37.2. The van der Waals surface area contributed by atoms with Crippen LogP contribution < -0.4 is 10.2 Å². The second-order valence-corrected chi connectivity index (χ2v) is 26.2. The highest BCUT2D eigenvalue weighted by molar-refractivity contribution is 7.45. The maximum atomic E-state index is 13.0. The first-order valence-electron chi connectivity index (χ1n) is 35.7. The summed E-state index contributed by atoms with van der Waals surface area (Å²) >= 11 is 0. The Hall–Kier alpha value is -3.62. The number of phosphoric ester groups is 1. The molecule has 0 fully saturated rings. The maximum absolute atomic E-state index is 13.0. The minimum Gasteiger partial charge on any atom is -0.756 e. The Labute approximate surface area is 538 Å². The quantitative estimate of drug-likeness (QED) is 0.0272. The smallest absolute Gasteiger partial charge is 0.268 e. The predicted octanol–water partition coefficient (Wildman–Crippen LogP) is 22.5. The Morgan fingerprint density at radius 3 is 1.07 bits per heavy atom. The molecule has 0 bridgehead atoms. The molecule has 0 aliphatic heterocycles. The summed E-state index contributed by atoms with van der Waals surface area (Å²) in [5.41, 5.74) is 0. The third-order valence-corrected chi connectivity index (χ3v) is 16.2. The van der Waals surface area contributed by atoms with Gasteiger partial charge in [0, 0.05) is 6.42 Å². The molecule has 0 aromatic carbocycles. The molecule has 3 atom stereocenters.